The van der Waals surface area contributed by atoms with Crippen LogP contribution in [0.5, 0.6) is 0 Å². The molecule has 8 nitrogen and oxygen atoms in total. The topological polar surface area (TPSA) is 94.6 Å². The highest BCUT2D eigenvalue weighted by molar-refractivity contribution is 7.17. The number of rotatable bonds is 6. The first kappa shape index (κ1) is 23.7. The van der Waals surface area contributed by atoms with Crippen molar-refractivity contribution in [2.45, 2.75) is 44.6 Å². The van der Waals surface area contributed by atoms with Crippen LogP contribution in [0, 0.1) is 5.92 Å². The third-order valence-electron chi connectivity index (χ3n) is 6.87. The molecule has 35 heavy (non-hydrogen) atoms. The summed E-state index contributed by atoms with van der Waals surface area (Å²) < 4.78 is 1.16. The average Bonchev–Trinajstić information content (AvgIpc) is 3.55. The van der Waals surface area contributed by atoms with E-state index in [4.69, 9.17) is 0 Å². The minimum absolute atomic E-state index is 0.0434. The van der Waals surface area contributed by atoms with Gasteiger partial charge in [0.1, 0.15) is 12.6 Å². The number of hydrogen-bond acceptors (Lipinski definition) is 6. The molecule has 1 aliphatic heterocycles. The maximum Gasteiger partial charge on any atom is 0.322 e. The molecule has 3 heterocycles. The molecule has 5 rings (SSSR count). The lowest BCUT2D eigenvalue weighted by Gasteiger charge is -2.39. The first-order chi connectivity index (χ1) is 17.1. The van der Waals surface area contributed by atoms with Crippen molar-refractivity contribution in [1.82, 2.24) is 14.8 Å². The molecule has 1 unspecified atom stereocenters. The van der Waals surface area contributed by atoms with Crippen LogP contribution in [0.4, 0.5) is 15.6 Å². The molecule has 1 atom stereocenters. The smallest absolute Gasteiger partial charge is 0.322 e. The van der Waals surface area contributed by atoms with Crippen molar-refractivity contribution in [2.24, 2.45) is 5.92 Å². The summed E-state index contributed by atoms with van der Waals surface area (Å²) >= 11 is 3.01. The summed E-state index contributed by atoms with van der Waals surface area (Å²) in [6.45, 7) is 0.667. The Morgan fingerprint density at radius 3 is 2.69 bits per heavy atom. The molecule has 2 N–H and O–H groups in total. The predicted molar refractivity (Wildman–Crippen MR) is 140 cm³/mol. The van der Waals surface area contributed by atoms with Gasteiger partial charge in [-0.15, -0.1) is 22.7 Å². The second-order valence-electron chi connectivity index (χ2n) is 9.19. The molecule has 1 aromatic carbocycles. The third-order valence-corrected chi connectivity index (χ3v) is 8.46. The van der Waals surface area contributed by atoms with Gasteiger partial charge in [-0.1, -0.05) is 32.1 Å². The number of amides is 4. The van der Waals surface area contributed by atoms with Gasteiger partial charge in [-0.05, 0) is 47.4 Å². The van der Waals surface area contributed by atoms with Crippen molar-refractivity contribution >= 4 is 61.4 Å². The number of aromatic nitrogens is 1. The van der Waals surface area contributed by atoms with E-state index in [0.717, 1.165) is 22.9 Å². The van der Waals surface area contributed by atoms with Crippen LogP contribution in [0.2, 0.25) is 0 Å². The molecule has 2 aromatic heterocycles. The number of piperazine rings is 1. The number of urea groups is 1. The zero-order valence-corrected chi connectivity index (χ0v) is 21.1. The second-order valence-corrected chi connectivity index (χ2v) is 11.0. The molecule has 3 aromatic rings. The van der Waals surface area contributed by atoms with Crippen LogP contribution < -0.4 is 10.6 Å². The molecule has 0 spiro atoms. The highest BCUT2D eigenvalue weighted by Gasteiger charge is 2.37. The maximum absolute atomic E-state index is 13.2. The lowest BCUT2D eigenvalue weighted by molar-refractivity contribution is -0.142. The highest BCUT2D eigenvalue weighted by atomic mass is 32.1. The van der Waals surface area contributed by atoms with E-state index < -0.39 is 6.04 Å². The van der Waals surface area contributed by atoms with E-state index in [1.807, 2.05) is 35.0 Å². The van der Waals surface area contributed by atoms with Crippen LogP contribution in [-0.2, 0) is 9.59 Å². The van der Waals surface area contributed by atoms with Gasteiger partial charge in [0.15, 0.2) is 5.13 Å². The largest absolute Gasteiger partial charge is 0.327 e. The van der Waals surface area contributed by atoms with Crippen LogP contribution in [0.15, 0.2) is 41.2 Å². The van der Waals surface area contributed by atoms with Gasteiger partial charge in [0.2, 0.25) is 11.8 Å². The highest BCUT2D eigenvalue weighted by Crippen LogP contribution is 2.30. The van der Waals surface area contributed by atoms with Gasteiger partial charge in [-0.3, -0.25) is 9.59 Å². The Hall–Kier alpha value is -2.98. The van der Waals surface area contributed by atoms with Crippen LogP contribution >= 0.6 is 22.7 Å². The van der Waals surface area contributed by atoms with Crippen LogP contribution in [0.1, 0.15) is 38.5 Å². The van der Waals surface area contributed by atoms with Crippen molar-refractivity contribution in [3.05, 3.63) is 41.2 Å². The number of anilines is 2. The molecule has 0 radical (unpaired) electrons. The zero-order valence-electron chi connectivity index (χ0n) is 19.4. The van der Waals surface area contributed by atoms with Crippen molar-refractivity contribution in [2.75, 3.05) is 30.3 Å². The number of nitrogens with one attached hydrogen (secondary N) is 2. The van der Waals surface area contributed by atoms with E-state index in [1.54, 1.807) is 22.4 Å². The van der Waals surface area contributed by atoms with E-state index >= 15 is 0 Å². The molecule has 1 saturated heterocycles. The number of hydrogen-bond donors (Lipinski definition) is 2. The lowest BCUT2D eigenvalue weighted by atomic mass is 9.84. The second kappa shape index (κ2) is 10.7. The van der Waals surface area contributed by atoms with Gasteiger partial charge in [0.25, 0.3) is 0 Å². The van der Waals surface area contributed by atoms with Crippen LogP contribution in [0.25, 0.3) is 10.1 Å². The Morgan fingerprint density at radius 1 is 1.06 bits per heavy atom. The fraction of sp³-hybridized carbons (Fsp3) is 0.440. The molecule has 184 valence electrons. The summed E-state index contributed by atoms with van der Waals surface area (Å²) in [5, 5.41) is 11.2. The quantitative estimate of drug-likeness (QED) is 0.486. The van der Waals surface area contributed by atoms with E-state index in [1.165, 1.54) is 35.5 Å². The molecule has 4 amide bonds. The number of thiazole rings is 1. The summed E-state index contributed by atoms with van der Waals surface area (Å²) in [6.07, 6.45) is 8.05. The van der Waals surface area contributed by atoms with Crippen LogP contribution in [0.3, 0.4) is 0 Å². The lowest BCUT2D eigenvalue weighted by Crippen LogP contribution is -2.59. The standard InChI is InChI=1S/C25H29N5O3S2/c31-22-16-29(25(33)27-19-6-7-21-18(15-19)8-12-34-21)10-11-30(22)20(14-17-4-2-1-3-5-17)23(32)28-24-26-9-13-35-24/h6-9,12-13,15,17,20H,1-5,10-11,14,16H2,(H,27,33)(H,26,28,32). The van der Waals surface area contributed by atoms with Gasteiger partial charge in [-0.2, -0.15) is 0 Å². The van der Waals surface area contributed by atoms with E-state index in [9.17, 15) is 14.4 Å². The van der Waals surface area contributed by atoms with Crippen molar-refractivity contribution in [3.63, 3.8) is 0 Å². The Labute approximate surface area is 212 Å². The van der Waals surface area contributed by atoms with Gasteiger partial charge < -0.3 is 20.4 Å². The number of thiophene rings is 1. The molecule has 2 aliphatic rings. The average molecular weight is 512 g/mol. The van der Waals surface area contributed by atoms with E-state index in [0.29, 0.717) is 36.2 Å². The minimum atomic E-state index is -0.555. The number of fused-ring (bicyclic) bond motifs is 1. The summed E-state index contributed by atoms with van der Waals surface area (Å²) in [7, 11) is 0. The van der Waals surface area contributed by atoms with E-state index in [2.05, 4.69) is 15.6 Å². The molecular formula is C25H29N5O3S2. The Balaban J connectivity index is 1.24. The zero-order chi connectivity index (χ0) is 24.2. The summed E-state index contributed by atoms with van der Waals surface area (Å²) in [5.74, 6) is 0.0348. The Bertz CT molecular complexity index is 1190. The van der Waals surface area contributed by atoms with Crippen molar-refractivity contribution in [3.8, 4) is 0 Å². The van der Waals surface area contributed by atoms with Gasteiger partial charge in [0.05, 0.1) is 0 Å². The fourth-order valence-corrected chi connectivity index (χ4v) is 6.33. The van der Waals surface area contributed by atoms with Gasteiger partial charge >= 0.3 is 6.03 Å². The first-order valence-electron chi connectivity index (χ1n) is 12.1. The molecule has 1 saturated carbocycles. The Morgan fingerprint density at radius 2 is 1.91 bits per heavy atom. The normalized spacial score (nSPS) is 18.0. The van der Waals surface area contributed by atoms with Gasteiger partial charge in [-0.25, -0.2) is 9.78 Å². The molecule has 2 fully saturated rings. The van der Waals surface area contributed by atoms with Crippen molar-refractivity contribution in [1.29, 1.82) is 0 Å². The molecule has 1 aliphatic carbocycles. The fourth-order valence-electron chi connectivity index (χ4n) is 5.02. The summed E-state index contributed by atoms with van der Waals surface area (Å²) in [5.41, 5.74) is 0.703. The number of nitrogens with zero attached hydrogens (tertiary/aromatic N) is 3. The SMILES string of the molecule is O=C(Nc1nccs1)C(CC1CCCCC1)N1CCN(C(=O)Nc2ccc3sccc3c2)CC1=O. The molecular weight excluding hydrogens is 482 g/mol. The van der Waals surface area contributed by atoms with Crippen molar-refractivity contribution < 1.29 is 14.4 Å². The number of benzene rings is 1. The number of carbonyl (C=O) groups excluding carboxylic acids is 3. The third kappa shape index (κ3) is 5.65. The number of carbonyl (C=O) groups is 3. The monoisotopic (exact) mass is 511 g/mol. The predicted octanol–water partition coefficient (Wildman–Crippen LogP) is 5.01. The van der Waals surface area contributed by atoms with Gasteiger partial charge in [0, 0.05) is 35.1 Å². The summed E-state index contributed by atoms with van der Waals surface area (Å²) in [6, 6.07) is 6.95. The summed E-state index contributed by atoms with van der Waals surface area (Å²) in [4.78, 5) is 46.7. The van der Waals surface area contributed by atoms with Crippen LogP contribution in [-0.4, -0.2) is 58.3 Å². The molecule has 0 bridgehead atoms. The first-order valence-corrected chi connectivity index (χ1v) is 13.9. The minimum Gasteiger partial charge on any atom is -0.327 e. The Kier molecular flexibility index (Phi) is 7.29. The molecule has 10 heteroatoms. The maximum atomic E-state index is 13.2. The van der Waals surface area contributed by atoms with E-state index in [-0.39, 0.29) is 24.4 Å².